The molecule has 0 unspecified atom stereocenters. The first-order chi connectivity index (χ1) is 12.9. The van der Waals surface area contributed by atoms with E-state index in [0.717, 1.165) is 5.69 Å². The maximum absolute atomic E-state index is 13.2. The van der Waals surface area contributed by atoms with Gasteiger partial charge < -0.3 is 9.80 Å². The Labute approximate surface area is 157 Å². The average molecular weight is 385 g/mol. The number of Topliss-reactive ketones (excluding diaryl/α,β-unsaturated/α-hetero) is 1. The van der Waals surface area contributed by atoms with Gasteiger partial charge in [0.15, 0.2) is 0 Å². The van der Waals surface area contributed by atoms with Gasteiger partial charge in [-0.1, -0.05) is 12.1 Å². The minimum Gasteiger partial charge on any atom is -0.371 e. The third kappa shape index (κ3) is 2.86. The lowest BCUT2D eigenvalue weighted by atomic mass is 10.2. The van der Waals surface area contributed by atoms with Crippen molar-refractivity contribution in [3.8, 4) is 0 Å². The zero-order valence-corrected chi connectivity index (χ0v) is 15.6. The molecule has 4 rings (SSSR count). The fraction of sp³-hybridized carbons (Fsp3) is 0.263. The highest BCUT2D eigenvalue weighted by Gasteiger charge is 2.32. The number of ketones is 1. The molecule has 2 aliphatic rings. The third-order valence-corrected chi connectivity index (χ3v) is 6.81. The van der Waals surface area contributed by atoms with Gasteiger partial charge in [-0.25, -0.2) is 8.42 Å². The summed E-state index contributed by atoms with van der Waals surface area (Å²) in [5, 5.41) is 0. The molecule has 2 heterocycles. The Kier molecular flexibility index (Phi) is 4.15. The SMILES string of the molecule is CN1CCN(S(=O)(=O)c2ccc(N3CCC(=O)C3=O)cc2)c2ccccc21. The van der Waals surface area contributed by atoms with Gasteiger partial charge in [0, 0.05) is 32.2 Å². The second-order valence-electron chi connectivity index (χ2n) is 6.61. The summed E-state index contributed by atoms with van der Waals surface area (Å²) in [6.07, 6.45) is 0.191. The van der Waals surface area contributed by atoms with E-state index in [4.69, 9.17) is 0 Å². The molecule has 0 saturated carbocycles. The molecule has 27 heavy (non-hydrogen) atoms. The van der Waals surface area contributed by atoms with E-state index >= 15 is 0 Å². The Morgan fingerprint density at radius 2 is 1.52 bits per heavy atom. The first-order valence-corrected chi connectivity index (χ1v) is 10.1. The number of anilines is 3. The molecule has 0 radical (unpaired) electrons. The van der Waals surface area contributed by atoms with Gasteiger partial charge in [-0.3, -0.25) is 13.9 Å². The van der Waals surface area contributed by atoms with Crippen LogP contribution in [0.2, 0.25) is 0 Å². The number of benzene rings is 2. The molecule has 2 aliphatic heterocycles. The molecule has 1 saturated heterocycles. The highest BCUT2D eigenvalue weighted by atomic mass is 32.2. The number of nitrogens with zero attached hydrogens (tertiary/aromatic N) is 3. The highest BCUT2D eigenvalue weighted by molar-refractivity contribution is 7.92. The van der Waals surface area contributed by atoms with Crippen molar-refractivity contribution in [2.24, 2.45) is 0 Å². The Hall–Kier alpha value is -2.87. The van der Waals surface area contributed by atoms with Crippen LogP contribution in [-0.2, 0) is 19.6 Å². The minimum absolute atomic E-state index is 0.156. The van der Waals surface area contributed by atoms with E-state index in [9.17, 15) is 18.0 Å². The Bertz CT molecular complexity index is 1020. The predicted molar refractivity (Wildman–Crippen MR) is 103 cm³/mol. The van der Waals surface area contributed by atoms with Crippen LogP contribution in [-0.4, -0.2) is 46.8 Å². The van der Waals surface area contributed by atoms with Crippen molar-refractivity contribution in [1.29, 1.82) is 0 Å². The smallest absolute Gasteiger partial charge is 0.294 e. The number of hydrogen-bond donors (Lipinski definition) is 0. The maximum Gasteiger partial charge on any atom is 0.294 e. The summed E-state index contributed by atoms with van der Waals surface area (Å²) >= 11 is 0. The zero-order chi connectivity index (χ0) is 19.2. The summed E-state index contributed by atoms with van der Waals surface area (Å²) in [4.78, 5) is 26.8. The van der Waals surface area contributed by atoms with Gasteiger partial charge in [-0.05, 0) is 36.4 Å². The normalized spacial score (nSPS) is 17.4. The van der Waals surface area contributed by atoms with Crippen LogP contribution in [0.4, 0.5) is 17.1 Å². The quantitative estimate of drug-likeness (QED) is 0.751. The van der Waals surface area contributed by atoms with E-state index in [0.29, 0.717) is 31.0 Å². The molecule has 1 amide bonds. The number of fused-ring (bicyclic) bond motifs is 1. The fourth-order valence-corrected chi connectivity index (χ4v) is 4.94. The number of likely N-dealkylation sites (N-methyl/N-ethyl adjacent to an activating group) is 1. The molecule has 2 aromatic carbocycles. The molecule has 1 fully saturated rings. The number of carbonyl (C=O) groups excluding carboxylic acids is 2. The second-order valence-corrected chi connectivity index (χ2v) is 8.47. The van der Waals surface area contributed by atoms with Crippen molar-refractivity contribution < 1.29 is 18.0 Å². The van der Waals surface area contributed by atoms with Crippen LogP contribution in [0.3, 0.4) is 0 Å². The number of para-hydroxylation sites is 2. The van der Waals surface area contributed by atoms with Gasteiger partial charge in [0.1, 0.15) is 0 Å². The van der Waals surface area contributed by atoms with Crippen molar-refractivity contribution >= 4 is 38.8 Å². The van der Waals surface area contributed by atoms with Crippen molar-refractivity contribution in [2.75, 3.05) is 40.8 Å². The summed E-state index contributed by atoms with van der Waals surface area (Å²) in [5.41, 5.74) is 2.05. The van der Waals surface area contributed by atoms with E-state index in [2.05, 4.69) is 0 Å². The molecule has 140 valence electrons. The number of hydrogen-bond acceptors (Lipinski definition) is 5. The molecule has 0 atom stereocenters. The number of carbonyl (C=O) groups is 2. The lowest BCUT2D eigenvalue weighted by Gasteiger charge is -2.36. The lowest BCUT2D eigenvalue weighted by Crippen LogP contribution is -2.42. The Morgan fingerprint density at radius 1 is 0.852 bits per heavy atom. The third-order valence-electron chi connectivity index (χ3n) is 4.98. The van der Waals surface area contributed by atoms with Crippen LogP contribution in [0, 0.1) is 0 Å². The molecular weight excluding hydrogens is 366 g/mol. The summed E-state index contributed by atoms with van der Waals surface area (Å²) in [6.45, 7) is 1.28. The summed E-state index contributed by atoms with van der Waals surface area (Å²) < 4.78 is 27.8. The van der Waals surface area contributed by atoms with E-state index < -0.39 is 21.7 Å². The zero-order valence-electron chi connectivity index (χ0n) is 14.8. The van der Waals surface area contributed by atoms with Gasteiger partial charge in [0.05, 0.1) is 22.8 Å². The maximum atomic E-state index is 13.2. The van der Waals surface area contributed by atoms with Gasteiger partial charge in [0.25, 0.3) is 15.9 Å². The van der Waals surface area contributed by atoms with Crippen LogP contribution in [0.1, 0.15) is 6.42 Å². The molecule has 0 aromatic heterocycles. The van der Waals surface area contributed by atoms with Crippen LogP contribution in [0.25, 0.3) is 0 Å². The molecule has 0 aliphatic carbocycles. The molecule has 2 aromatic rings. The number of amides is 1. The molecule has 0 spiro atoms. The van der Waals surface area contributed by atoms with Gasteiger partial charge in [-0.2, -0.15) is 0 Å². The van der Waals surface area contributed by atoms with Crippen molar-refractivity contribution in [1.82, 2.24) is 0 Å². The first-order valence-electron chi connectivity index (χ1n) is 8.67. The molecule has 0 N–H and O–H groups in total. The topological polar surface area (TPSA) is 78.0 Å². The average Bonchev–Trinajstić information content (AvgIpc) is 3.01. The van der Waals surface area contributed by atoms with Gasteiger partial charge in [-0.15, -0.1) is 0 Å². The summed E-state index contributed by atoms with van der Waals surface area (Å²) in [6, 6.07) is 13.5. The Balaban J connectivity index is 1.66. The summed E-state index contributed by atoms with van der Waals surface area (Å²) in [5.74, 6) is -0.959. The van der Waals surface area contributed by atoms with Crippen molar-refractivity contribution in [3.63, 3.8) is 0 Å². The van der Waals surface area contributed by atoms with Crippen LogP contribution < -0.4 is 14.1 Å². The highest BCUT2D eigenvalue weighted by Crippen LogP contribution is 2.35. The first kappa shape index (κ1) is 17.5. The minimum atomic E-state index is -3.73. The van der Waals surface area contributed by atoms with Crippen molar-refractivity contribution in [3.05, 3.63) is 48.5 Å². The van der Waals surface area contributed by atoms with E-state index in [1.807, 2.05) is 30.1 Å². The summed E-state index contributed by atoms with van der Waals surface area (Å²) in [7, 11) is -1.79. The van der Waals surface area contributed by atoms with E-state index in [1.165, 1.54) is 21.3 Å². The largest absolute Gasteiger partial charge is 0.371 e. The van der Waals surface area contributed by atoms with Crippen LogP contribution in [0.5, 0.6) is 0 Å². The van der Waals surface area contributed by atoms with E-state index in [-0.39, 0.29) is 11.3 Å². The fourth-order valence-electron chi connectivity index (χ4n) is 3.47. The lowest BCUT2D eigenvalue weighted by molar-refractivity contribution is -0.133. The van der Waals surface area contributed by atoms with E-state index in [1.54, 1.807) is 18.2 Å². The number of rotatable bonds is 3. The van der Waals surface area contributed by atoms with Gasteiger partial charge in [0.2, 0.25) is 5.78 Å². The number of sulfonamides is 1. The molecule has 8 heteroatoms. The molecular formula is C19H19N3O4S. The van der Waals surface area contributed by atoms with Crippen LogP contribution in [0.15, 0.2) is 53.4 Å². The van der Waals surface area contributed by atoms with Crippen molar-refractivity contribution in [2.45, 2.75) is 11.3 Å². The van der Waals surface area contributed by atoms with Gasteiger partial charge >= 0.3 is 0 Å². The predicted octanol–water partition coefficient (Wildman–Crippen LogP) is 1.64. The standard InChI is InChI=1S/C19H19N3O4S/c1-20-12-13-22(17-5-3-2-4-16(17)20)27(25,26)15-8-6-14(7-9-15)21-11-10-18(23)19(21)24/h2-9H,10-13H2,1H3. The Morgan fingerprint density at radius 3 is 2.15 bits per heavy atom. The molecule has 7 nitrogen and oxygen atoms in total. The monoisotopic (exact) mass is 385 g/mol. The van der Waals surface area contributed by atoms with Crippen LogP contribution >= 0.6 is 0 Å². The molecule has 0 bridgehead atoms. The second kappa shape index (κ2) is 6.38.